The van der Waals surface area contributed by atoms with Crippen LogP contribution in [0.2, 0.25) is 0 Å². The van der Waals surface area contributed by atoms with Gasteiger partial charge in [0.05, 0.1) is 10.6 Å². The summed E-state index contributed by atoms with van der Waals surface area (Å²) in [7, 11) is 0. The van der Waals surface area contributed by atoms with Gasteiger partial charge in [-0.1, -0.05) is 48.5 Å². The number of carbonyl (C=O) groups excluding carboxylic acids is 3. The van der Waals surface area contributed by atoms with Crippen molar-refractivity contribution in [3.8, 4) is 11.1 Å². The number of nitrogens with one attached hydrogen (secondary N) is 2. The summed E-state index contributed by atoms with van der Waals surface area (Å²) in [6, 6.07) is 21.6. The number of para-hydroxylation sites is 1. The number of piperidine rings is 2. The Labute approximate surface area is 251 Å². The summed E-state index contributed by atoms with van der Waals surface area (Å²) in [5.41, 5.74) is 8.14. The van der Waals surface area contributed by atoms with Gasteiger partial charge in [0, 0.05) is 49.1 Å². The number of ether oxygens (including phenoxy) is 1. The van der Waals surface area contributed by atoms with E-state index in [1.165, 1.54) is 11.3 Å². The van der Waals surface area contributed by atoms with Gasteiger partial charge in [-0.05, 0) is 62.5 Å². The number of likely N-dealkylation sites (tertiary alicyclic amines) is 2. The molecule has 0 saturated carbocycles. The van der Waals surface area contributed by atoms with Crippen molar-refractivity contribution in [1.29, 1.82) is 0 Å². The SMILES string of the molecule is NC(=O)C1CCN(Cc2ccc(C(=O)NCCN3CCC(OC(=O)Nc4ccccc4-c4ccccc4)CC3)s2)CC1. The average Bonchev–Trinajstić information content (AvgIpc) is 3.47. The lowest BCUT2D eigenvalue weighted by Gasteiger charge is -2.31. The minimum absolute atomic E-state index is 0.0166. The zero-order valence-electron chi connectivity index (χ0n) is 23.8. The normalized spacial score (nSPS) is 17.0. The maximum Gasteiger partial charge on any atom is 0.411 e. The quantitative estimate of drug-likeness (QED) is 0.319. The zero-order chi connectivity index (χ0) is 29.3. The molecule has 2 aliphatic heterocycles. The van der Waals surface area contributed by atoms with Crippen LogP contribution in [-0.2, 0) is 16.1 Å². The molecule has 10 heteroatoms. The van der Waals surface area contributed by atoms with Crippen molar-refractivity contribution in [3.63, 3.8) is 0 Å². The van der Waals surface area contributed by atoms with Crippen molar-refractivity contribution in [3.05, 3.63) is 76.5 Å². The molecule has 42 heavy (non-hydrogen) atoms. The second-order valence-electron chi connectivity index (χ2n) is 11.0. The first-order valence-electron chi connectivity index (χ1n) is 14.7. The molecule has 0 aliphatic carbocycles. The van der Waals surface area contributed by atoms with Crippen molar-refractivity contribution in [2.24, 2.45) is 11.7 Å². The number of thiophene rings is 1. The van der Waals surface area contributed by atoms with E-state index in [2.05, 4.69) is 20.4 Å². The Morgan fingerprint density at radius 1 is 0.857 bits per heavy atom. The van der Waals surface area contributed by atoms with Gasteiger partial charge in [0.25, 0.3) is 5.91 Å². The number of anilines is 1. The Hall–Kier alpha value is -3.73. The Kier molecular flexibility index (Phi) is 10.2. The summed E-state index contributed by atoms with van der Waals surface area (Å²) < 4.78 is 5.74. The van der Waals surface area contributed by atoms with Crippen LogP contribution in [0.3, 0.4) is 0 Å². The standard InChI is InChI=1S/C32H39N5O4S/c33-30(38)24-12-17-37(18-13-24)22-26-10-11-29(42-26)31(39)34-16-21-36-19-14-25(15-20-36)41-32(40)35-28-9-5-4-8-27(28)23-6-2-1-3-7-23/h1-11,24-25H,12-22H2,(H2,33,38)(H,34,39)(H,35,40). The van der Waals surface area contributed by atoms with Gasteiger partial charge < -0.3 is 20.7 Å². The number of primary amides is 1. The van der Waals surface area contributed by atoms with Crippen LogP contribution in [0, 0.1) is 5.92 Å². The monoisotopic (exact) mass is 589 g/mol. The summed E-state index contributed by atoms with van der Waals surface area (Å²) in [4.78, 5) is 43.2. The van der Waals surface area contributed by atoms with Gasteiger partial charge in [0.15, 0.2) is 0 Å². The minimum Gasteiger partial charge on any atom is -0.446 e. The first-order chi connectivity index (χ1) is 20.4. The van der Waals surface area contributed by atoms with Gasteiger partial charge in [0.1, 0.15) is 6.10 Å². The lowest BCUT2D eigenvalue weighted by molar-refractivity contribution is -0.123. The number of amides is 3. The van der Waals surface area contributed by atoms with Gasteiger partial charge >= 0.3 is 6.09 Å². The van der Waals surface area contributed by atoms with Crippen molar-refractivity contribution in [2.45, 2.75) is 38.3 Å². The number of hydrogen-bond donors (Lipinski definition) is 3. The highest BCUT2D eigenvalue weighted by atomic mass is 32.1. The third kappa shape index (κ3) is 8.18. The fourth-order valence-corrected chi connectivity index (χ4v) is 6.57. The van der Waals surface area contributed by atoms with Crippen LogP contribution in [-0.4, -0.2) is 73.1 Å². The molecule has 9 nitrogen and oxygen atoms in total. The smallest absolute Gasteiger partial charge is 0.411 e. The number of rotatable bonds is 10. The van der Waals surface area contributed by atoms with E-state index in [-0.39, 0.29) is 23.8 Å². The van der Waals surface area contributed by atoms with Crippen LogP contribution in [0.25, 0.3) is 11.1 Å². The third-order valence-electron chi connectivity index (χ3n) is 8.03. The number of nitrogens with zero attached hydrogens (tertiary/aromatic N) is 2. The van der Waals surface area contributed by atoms with E-state index in [0.29, 0.717) is 11.4 Å². The lowest BCUT2D eigenvalue weighted by atomic mass is 9.96. The molecule has 0 atom stereocenters. The Morgan fingerprint density at radius 3 is 2.29 bits per heavy atom. The van der Waals surface area contributed by atoms with Crippen molar-refractivity contribution in [1.82, 2.24) is 15.1 Å². The molecule has 222 valence electrons. The summed E-state index contributed by atoms with van der Waals surface area (Å²) >= 11 is 1.52. The number of benzene rings is 2. The van der Waals surface area contributed by atoms with Crippen LogP contribution < -0.4 is 16.4 Å². The Morgan fingerprint density at radius 2 is 1.55 bits per heavy atom. The summed E-state index contributed by atoms with van der Waals surface area (Å²) in [5, 5.41) is 5.96. The fraction of sp³-hybridized carbons (Fsp3) is 0.406. The van der Waals surface area contributed by atoms with E-state index in [1.54, 1.807) is 0 Å². The molecular weight excluding hydrogens is 550 g/mol. The van der Waals surface area contributed by atoms with Crippen LogP contribution in [0.5, 0.6) is 0 Å². The third-order valence-corrected chi connectivity index (χ3v) is 9.09. The van der Waals surface area contributed by atoms with Crippen LogP contribution >= 0.6 is 11.3 Å². The highest BCUT2D eigenvalue weighted by Gasteiger charge is 2.24. The summed E-state index contributed by atoms with van der Waals surface area (Å²) in [6.45, 7) is 5.42. The van der Waals surface area contributed by atoms with Crippen molar-refractivity contribution in [2.75, 3.05) is 44.6 Å². The van der Waals surface area contributed by atoms with Crippen molar-refractivity contribution < 1.29 is 19.1 Å². The molecule has 2 fully saturated rings. The van der Waals surface area contributed by atoms with E-state index >= 15 is 0 Å². The molecule has 3 amide bonds. The highest BCUT2D eigenvalue weighted by Crippen LogP contribution is 2.28. The van der Waals surface area contributed by atoms with Crippen molar-refractivity contribution >= 4 is 34.9 Å². The molecule has 3 aromatic rings. The second kappa shape index (κ2) is 14.4. The van der Waals surface area contributed by atoms with E-state index in [1.807, 2.05) is 66.7 Å². The molecule has 1 aromatic heterocycles. The maximum absolute atomic E-state index is 12.7. The zero-order valence-corrected chi connectivity index (χ0v) is 24.6. The molecule has 0 bridgehead atoms. The van der Waals surface area contributed by atoms with Gasteiger partial charge in [0.2, 0.25) is 5.91 Å². The maximum atomic E-state index is 12.7. The topological polar surface area (TPSA) is 117 Å². The molecule has 4 N–H and O–H groups in total. The molecule has 3 heterocycles. The largest absolute Gasteiger partial charge is 0.446 e. The number of carbonyl (C=O) groups is 3. The van der Waals surface area contributed by atoms with Crippen LogP contribution in [0.1, 0.15) is 40.2 Å². The van der Waals surface area contributed by atoms with E-state index in [4.69, 9.17) is 10.5 Å². The van der Waals surface area contributed by atoms with E-state index < -0.39 is 6.09 Å². The van der Waals surface area contributed by atoms with E-state index in [9.17, 15) is 14.4 Å². The van der Waals surface area contributed by atoms with Gasteiger partial charge in [-0.25, -0.2) is 4.79 Å². The highest BCUT2D eigenvalue weighted by molar-refractivity contribution is 7.14. The van der Waals surface area contributed by atoms with Gasteiger partial charge in [-0.3, -0.25) is 19.8 Å². The molecule has 0 radical (unpaired) electrons. The number of nitrogens with two attached hydrogens (primary N) is 1. The van der Waals surface area contributed by atoms with E-state index in [0.717, 1.165) is 86.6 Å². The van der Waals surface area contributed by atoms with Crippen LogP contribution in [0.15, 0.2) is 66.7 Å². The Balaban J connectivity index is 0.989. The minimum atomic E-state index is -0.436. The molecule has 2 saturated heterocycles. The van der Waals surface area contributed by atoms with Gasteiger partial charge in [-0.15, -0.1) is 11.3 Å². The molecule has 2 aromatic carbocycles. The summed E-state index contributed by atoms with van der Waals surface area (Å²) in [6.07, 6.45) is 2.54. The first kappa shape index (κ1) is 29.8. The molecule has 0 spiro atoms. The van der Waals surface area contributed by atoms with Crippen LogP contribution in [0.4, 0.5) is 10.5 Å². The molecular formula is C32H39N5O4S. The first-order valence-corrected chi connectivity index (χ1v) is 15.5. The molecule has 0 unspecified atom stereocenters. The Bertz CT molecular complexity index is 1350. The molecule has 5 rings (SSSR count). The average molecular weight is 590 g/mol. The predicted octanol–water partition coefficient (Wildman–Crippen LogP) is 4.56. The summed E-state index contributed by atoms with van der Waals surface area (Å²) in [5.74, 6) is -0.270. The molecule has 2 aliphatic rings. The predicted molar refractivity (Wildman–Crippen MR) is 165 cm³/mol. The number of hydrogen-bond acceptors (Lipinski definition) is 7. The lowest BCUT2D eigenvalue weighted by Crippen LogP contribution is -2.42. The van der Waals surface area contributed by atoms with Gasteiger partial charge in [-0.2, -0.15) is 0 Å². The second-order valence-corrected chi connectivity index (χ2v) is 12.1. The fourth-order valence-electron chi connectivity index (χ4n) is 5.60.